The maximum absolute atomic E-state index is 12.4. The Balaban J connectivity index is 2.75. The fraction of sp³-hybridized carbons (Fsp3) is 0.600. The van der Waals surface area contributed by atoms with Crippen molar-refractivity contribution in [3.05, 3.63) is 24.3 Å². The second kappa shape index (κ2) is 8.36. The van der Waals surface area contributed by atoms with Crippen LogP contribution in [0.5, 0.6) is 5.75 Å². The van der Waals surface area contributed by atoms with Gasteiger partial charge in [0.1, 0.15) is 5.75 Å². The van der Waals surface area contributed by atoms with Crippen LogP contribution in [-0.4, -0.2) is 39.5 Å². The van der Waals surface area contributed by atoms with Crippen LogP contribution in [0.4, 0.5) is 0 Å². The van der Waals surface area contributed by atoms with Gasteiger partial charge in [-0.1, -0.05) is 20.3 Å². The number of benzene rings is 1. The average molecular weight is 314 g/mol. The first-order valence-corrected chi connectivity index (χ1v) is 8.75. The highest BCUT2D eigenvalue weighted by molar-refractivity contribution is 7.89. The highest BCUT2D eigenvalue weighted by Crippen LogP contribution is 2.20. The molecule has 1 atom stereocenters. The molecule has 5 nitrogen and oxygen atoms in total. The molecule has 0 aliphatic carbocycles. The molecule has 1 aromatic carbocycles. The highest BCUT2D eigenvalue weighted by atomic mass is 32.2. The summed E-state index contributed by atoms with van der Waals surface area (Å²) in [7, 11) is -1.81. The third-order valence-corrected chi connectivity index (χ3v) is 5.25. The van der Waals surface area contributed by atoms with Crippen LogP contribution in [-0.2, 0) is 10.0 Å². The molecule has 0 bridgehead atoms. The molecule has 0 spiro atoms. The number of ether oxygens (including phenoxy) is 1. The van der Waals surface area contributed by atoms with E-state index >= 15 is 0 Å². The van der Waals surface area contributed by atoms with E-state index in [1.165, 1.54) is 4.31 Å². The minimum Gasteiger partial charge on any atom is -0.494 e. The summed E-state index contributed by atoms with van der Waals surface area (Å²) < 4.78 is 31.7. The van der Waals surface area contributed by atoms with E-state index in [2.05, 4.69) is 6.92 Å². The normalized spacial score (nSPS) is 13.4. The lowest BCUT2D eigenvalue weighted by Crippen LogP contribution is -2.31. The number of hydrogen-bond donors (Lipinski definition) is 1. The second-order valence-corrected chi connectivity index (χ2v) is 7.31. The third-order valence-electron chi connectivity index (χ3n) is 3.41. The van der Waals surface area contributed by atoms with Crippen molar-refractivity contribution < 1.29 is 13.2 Å². The van der Waals surface area contributed by atoms with E-state index in [0.717, 1.165) is 12.8 Å². The fourth-order valence-corrected chi connectivity index (χ4v) is 3.12. The van der Waals surface area contributed by atoms with Crippen molar-refractivity contribution >= 4 is 10.0 Å². The molecular weight excluding hydrogens is 288 g/mol. The molecule has 0 amide bonds. The number of hydrogen-bond acceptors (Lipinski definition) is 4. The van der Waals surface area contributed by atoms with Gasteiger partial charge in [0, 0.05) is 13.6 Å². The quantitative estimate of drug-likeness (QED) is 0.708. The topological polar surface area (TPSA) is 72.6 Å². The van der Waals surface area contributed by atoms with Gasteiger partial charge in [-0.05, 0) is 43.1 Å². The fourth-order valence-electron chi connectivity index (χ4n) is 1.83. The zero-order valence-electron chi connectivity index (χ0n) is 13.1. The van der Waals surface area contributed by atoms with Gasteiger partial charge < -0.3 is 10.5 Å². The van der Waals surface area contributed by atoms with Crippen molar-refractivity contribution in [2.45, 2.75) is 31.6 Å². The van der Waals surface area contributed by atoms with Gasteiger partial charge in [-0.15, -0.1) is 0 Å². The van der Waals surface area contributed by atoms with Crippen molar-refractivity contribution in [2.75, 3.05) is 26.7 Å². The lowest BCUT2D eigenvalue weighted by molar-refractivity contribution is 0.313. The zero-order valence-corrected chi connectivity index (χ0v) is 13.9. The summed E-state index contributed by atoms with van der Waals surface area (Å²) in [5.41, 5.74) is 5.39. The molecule has 0 saturated carbocycles. The Hall–Kier alpha value is -1.11. The first-order valence-electron chi connectivity index (χ1n) is 7.31. The van der Waals surface area contributed by atoms with Crippen LogP contribution in [0.15, 0.2) is 29.2 Å². The molecule has 0 saturated heterocycles. The Labute approximate surface area is 128 Å². The molecule has 120 valence electrons. The number of nitrogens with zero attached hydrogens (tertiary/aromatic N) is 1. The van der Waals surface area contributed by atoms with Gasteiger partial charge in [0.2, 0.25) is 10.0 Å². The smallest absolute Gasteiger partial charge is 0.242 e. The van der Waals surface area contributed by atoms with Crippen LogP contribution in [0.3, 0.4) is 0 Å². The van der Waals surface area contributed by atoms with Crippen LogP contribution < -0.4 is 10.5 Å². The van der Waals surface area contributed by atoms with Crippen LogP contribution >= 0.6 is 0 Å². The molecular formula is C15H26N2O3S. The number of nitrogens with two attached hydrogens (primary N) is 1. The molecule has 0 radical (unpaired) electrons. The van der Waals surface area contributed by atoms with E-state index < -0.39 is 10.0 Å². The van der Waals surface area contributed by atoms with Gasteiger partial charge >= 0.3 is 0 Å². The standard InChI is InChI=1S/C15H26N2O3S/c1-4-13(2)12-17(3)21(18,19)15-8-6-14(7-9-15)20-11-5-10-16/h6-9,13H,4-5,10-12,16H2,1-3H3. The largest absolute Gasteiger partial charge is 0.494 e. The lowest BCUT2D eigenvalue weighted by Gasteiger charge is -2.20. The average Bonchev–Trinajstić information content (AvgIpc) is 2.47. The van der Waals surface area contributed by atoms with Crippen LogP contribution in [0.1, 0.15) is 26.7 Å². The molecule has 0 heterocycles. The van der Waals surface area contributed by atoms with Crippen LogP contribution in [0, 0.1) is 5.92 Å². The Morgan fingerprint density at radius 3 is 2.43 bits per heavy atom. The van der Waals surface area contributed by atoms with Crippen LogP contribution in [0.25, 0.3) is 0 Å². The first kappa shape index (κ1) is 17.9. The van der Waals surface area contributed by atoms with Gasteiger partial charge in [0.15, 0.2) is 0 Å². The van der Waals surface area contributed by atoms with Crippen LogP contribution in [0.2, 0.25) is 0 Å². The van der Waals surface area contributed by atoms with Crippen molar-refractivity contribution in [2.24, 2.45) is 11.7 Å². The Morgan fingerprint density at radius 1 is 1.29 bits per heavy atom. The van der Waals surface area contributed by atoms with Crippen molar-refractivity contribution in [1.29, 1.82) is 0 Å². The Bertz CT molecular complexity index is 514. The molecule has 0 aliphatic heterocycles. The number of rotatable bonds is 9. The summed E-state index contributed by atoms with van der Waals surface area (Å²) in [6, 6.07) is 6.53. The summed E-state index contributed by atoms with van der Waals surface area (Å²) in [6.07, 6.45) is 1.73. The summed E-state index contributed by atoms with van der Waals surface area (Å²) in [5.74, 6) is 0.996. The van der Waals surface area contributed by atoms with Crippen molar-refractivity contribution in [3.8, 4) is 5.75 Å². The predicted octanol–water partition coefficient (Wildman–Crippen LogP) is 2.08. The minimum absolute atomic E-state index is 0.291. The second-order valence-electron chi connectivity index (χ2n) is 5.26. The van der Waals surface area contributed by atoms with E-state index in [4.69, 9.17) is 10.5 Å². The predicted molar refractivity (Wildman–Crippen MR) is 84.9 cm³/mol. The third kappa shape index (κ3) is 5.30. The van der Waals surface area contributed by atoms with E-state index in [-0.39, 0.29) is 0 Å². The molecule has 1 rings (SSSR count). The maximum atomic E-state index is 12.4. The van der Waals surface area contributed by atoms with Gasteiger partial charge in [0.25, 0.3) is 0 Å². The summed E-state index contributed by atoms with van der Waals surface area (Å²) in [6.45, 7) is 5.73. The van der Waals surface area contributed by atoms with Gasteiger partial charge in [0.05, 0.1) is 11.5 Å². The number of sulfonamides is 1. The van der Waals surface area contributed by atoms with Crippen molar-refractivity contribution in [3.63, 3.8) is 0 Å². The summed E-state index contributed by atoms with van der Waals surface area (Å²) in [4.78, 5) is 0.291. The SMILES string of the molecule is CCC(C)CN(C)S(=O)(=O)c1ccc(OCCCN)cc1. The highest BCUT2D eigenvalue weighted by Gasteiger charge is 2.21. The molecule has 2 N–H and O–H groups in total. The van der Waals surface area contributed by atoms with E-state index in [0.29, 0.717) is 36.3 Å². The van der Waals surface area contributed by atoms with Gasteiger partial charge in [-0.2, -0.15) is 0 Å². The molecule has 0 aliphatic rings. The molecule has 1 aromatic rings. The maximum Gasteiger partial charge on any atom is 0.242 e. The van der Waals surface area contributed by atoms with Gasteiger partial charge in [-0.3, -0.25) is 0 Å². The van der Waals surface area contributed by atoms with Crippen molar-refractivity contribution in [1.82, 2.24) is 4.31 Å². The molecule has 1 unspecified atom stereocenters. The summed E-state index contributed by atoms with van der Waals surface area (Å²) in [5, 5.41) is 0. The Kier molecular flexibility index (Phi) is 7.14. The van der Waals surface area contributed by atoms with E-state index in [9.17, 15) is 8.42 Å². The molecule has 0 aromatic heterocycles. The summed E-state index contributed by atoms with van der Waals surface area (Å²) >= 11 is 0. The molecule has 0 fully saturated rings. The molecule has 6 heteroatoms. The molecule has 21 heavy (non-hydrogen) atoms. The van der Waals surface area contributed by atoms with E-state index in [1.54, 1.807) is 31.3 Å². The minimum atomic E-state index is -3.43. The monoisotopic (exact) mass is 314 g/mol. The van der Waals surface area contributed by atoms with E-state index in [1.807, 2.05) is 6.92 Å². The zero-order chi connectivity index (χ0) is 15.9. The Morgan fingerprint density at radius 2 is 1.90 bits per heavy atom. The lowest BCUT2D eigenvalue weighted by atomic mass is 10.1. The van der Waals surface area contributed by atoms with Gasteiger partial charge in [-0.25, -0.2) is 12.7 Å². The first-order chi connectivity index (χ1) is 9.91.